The third kappa shape index (κ3) is 5.73. The van der Waals surface area contributed by atoms with Gasteiger partial charge in [-0.2, -0.15) is 0 Å². The number of carbonyl (C=O) groups is 3. The molecule has 0 aromatic heterocycles. The van der Waals surface area contributed by atoms with Crippen LogP contribution in [0.15, 0.2) is 18.2 Å². The standard InChI is InChI=1S/C19H25N5O3/c20-10-16(21)11-24-8-2-3-14-9-15(5-6-18(14)24)19(27)23-17(12-25)4-1-7-22-13-26/h5-6,9-10,12-13,17,20-21H,1-4,7-8,11H2,(H,22,26)(H,23,27). The summed E-state index contributed by atoms with van der Waals surface area (Å²) in [5, 5.41) is 20.1. The molecule has 8 nitrogen and oxygen atoms in total. The molecule has 0 bridgehead atoms. The first kappa shape index (κ1) is 20.3. The number of hydrogen-bond donors (Lipinski definition) is 4. The van der Waals surface area contributed by atoms with Gasteiger partial charge in [-0.3, -0.25) is 9.59 Å². The molecule has 0 fully saturated rings. The van der Waals surface area contributed by atoms with E-state index < -0.39 is 6.04 Å². The average Bonchev–Trinajstić information content (AvgIpc) is 2.69. The maximum Gasteiger partial charge on any atom is 0.251 e. The van der Waals surface area contributed by atoms with Crippen LogP contribution >= 0.6 is 0 Å². The van der Waals surface area contributed by atoms with Crippen molar-refractivity contribution < 1.29 is 14.4 Å². The van der Waals surface area contributed by atoms with Crippen molar-refractivity contribution in [3.63, 3.8) is 0 Å². The van der Waals surface area contributed by atoms with Gasteiger partial charge in [0.25, 0.3) is 5.91 Å². The molecular formula is C19H25N5O3. The predicted molar refractivity (Wildman–Crippen MR) is 104 cm³/mol. The molecule has 1 unspecified atom stereocenters. The minimum atomic E-state index is -0.591. The number of aryl methyl sites for hydroxylation is 1. The number of carbonyl (C=O) groups excluding carboxylic acids is 3. The van der Waals surface area contributed by atoms with E-state index in [9.17, 15) is 14.4 Å². The summed E-state index contributed by atoms with van der Waals surface area (Å²) in [6, 6.07) is 4.83. The van der Waals surface area contributed by atoms with Crippen LogP contribution in [0, 0.1) is 10.8 Å². The first-order valence-corrected chi connectivity index (χ1v) is 8.98. The van der Waals surface area contributed by atoms with Crippen LogP contribution in [0.4, 0.5) is 5.69 Å². The van der Waals surface area contributed by atoms with Crippen LogP contribution in [0.3, 0.4) is 0 Å². The van der Waals surface area contributed by atoms with Gasteiger partial charge in [-0.1, -0.05) is 0 Å². The molecule has 0 radical (unpaired) electrons. The Morgan fingerprint density at radius 2 is 2.15 bits per heavy atom. The van der Waals surface area contributed by atoms with Gasteiger partial charge >= 0.3 is 0 Å². The fourth-order valence-electron chi connectivity index (χ4n) is 3.14. The lowest BCUT2D eigenvalue weighted by molar-refractivity contribution is -0.109. The Morgan fingerprint density at radius 3 is 2.85 bits per heavy atom. The minimum Gasteiger partial charge on any atom is -0.365 e. The quantitative estimate of drug-likeness (QED) is 0.262. The molecule has 0 aliphatic carbocycles. The first-order valence-electron chi connectivity index (χ1n) is 8.98. The lowest BCUT2D eigenvalue weighted by Crippen LogP contribution is -2.37. The van der Waals surface area contributed by atoms with Crippen LogP contribution in [0.5, 0.6) is 0 Å². The van der Waals surface area contributed by atoms with E-state index in [-0.39, 0.29) is 11.6 Å². The Kier molecular flexibility index (Phi) is 7.66. The third-order valence-corrected chi connectivity index (χ3v) is 4.49. The van der Waals surface area contributed by atoms with Crippen molar-refractivity contribution in [2.75, 3.05) is 24.5 Å². The number of fused-ring (bicyclic) bond motifs is 1. The van der Waals surface area contributed by atoms with Gasteiger partial charge in [-0.15, -0.1) is 0 Å². The van der Waals surface area contributed by atoms with Gasteiger partial charge in [-0.05, 0) is 49.4 Å². The van der Waals surface area contributed by atoms with E-state index in [1.165, 1.54) is 0 Å². The Balaban J connectivity index is 2.03. The molecule has 0 spiro atoms. The van der Waals surface area contributed by atoms with Crippen molar-refractivity contribution in [3.05, 3.63) is 29.3 Å². The average molecular weight is 371 g/mol. The second-order valence-electron chi connectivity index (χ2n) is 6.47. The third-order valence-electron chi connectivity index (χ3n) is 4.49. The topological polar surface area (TPSA) is 126 Å². The van der Waals surface area contributed by atoms with E-state index in [1.54, 1.807) is 6.07 Å². The molecule has 1 atom stereocenters. The molecule has 27 heavy (non-hydrogen) atoms. The molecule has 0 saturated carbocycles. The number of aldehydes is 1. The fourth-order valence-corrected chi connectivity index (χ4v) is 3.14. The number of anilines is 1. The van der Waals surface area contributed by atoms with Crippen molar-refractivity contribution in [2.45, 2.75) is 31.7 Å². The monoisotopic (exact) mass is 371 g/mol. The smallest absolute Gasteiger partial charge is 0.251 e. The summed E-state index contributed by atoms with van der Waals surface area (Å²) in [6.07, 6.45) is 5.18. The van der Waals surface area contributed by atoms with E-state index in [2.05, 4.69) is 10.6 Å². The molecule has 1 aliphatic heterocycles. The second-order valence-corrected chi connectivity index (χ2v) is 6.47. The Hall–Kier alpha value is -3.03. The number of nitrogens with one attached hydrogen (secondary N) is 4. The van der Waals surface area contributed by atoms with Gasteiger partial charge in [0.1, 0.15) is 6.29 Å². The normalized spacial score (nSPS) is 13.9. The molecule has 8 heteroatoms. The molecular weight excluding hydrogens is 346 g/mol. The van der Waals surface area contributed by atoms with Gasteiger partial charge in [0.2, 0.25) is 6.41 Å². The van der Waals surface area contributed by atoms with Gasteiger partial charge in [0, 0.05) is 30.6 Å². The highest BCUT2D eigenvalue weighted by Crippen LogP contribution is 2.28. The lowest BCUT2D eigenvalue weighted by Gasteiger charge is -2.31. The van der Waals surface area contributed by atoms with Crippen LogP contribution in [0.1, 0.15) is 35.2 Å². The fraction of sp³-hybridized carbons (Fsp3) is 0.421. The summed E-state index contributed by atoms with van der Waals surface area (Å²) in [5.74, 6) is -0.303. The maximum atomic E-state index is 12.5. The number of nitrogens with zero attached hydrogens (tertiary/aromatic N) is 1. The van der Waals surface area contributed by atoms with E-state index in [4.69, 9.17) is 10.8 Å². The highest BCUT2D eigenvalue weighted by atomic mass is 16.2. The van der Waals surface area contributed by atoms with Crippen molar-refractivity contribution in [3.8, 4) is 0 Å². The van der Waals surface area contributed by atoms with Gasteiger partial charge in [0.15, 0.2) is 0 Å². The summed E-state index contributed by atoms with van der Waals surface area (Å²) >= 11 is 0. The molecule has 0 saturated heterocycles. The van der Waals surface area contributed by atoms with Crippen molar-refractivity contribution in [2.24, 2.45) is 0 Å². The first-order chi connectivity index (χ1) is 13.1. The van der Waals surface area contributed by atoms with Crippen molar-refractivity contribution in [1.82, 2.24) is 10.6 Å². The SMILES string of the molecule is N=CC(=N)CN1CCCc2cc(C(=O)NC(C=O)CCCNC=O)ccc21. The van der Waals surface area contributed by atoms with Gasteiger partial charge in [0.05, 0.1) is 18.3 Å². The number of hydrogen-bond acceptors (Lipinski definition) is 6. The molecule has 1 aromatic rings. The van der Waals surface area contributed by atoms with Gasteiger partial charge < -0.3 is 31.1 Å². The van der Waals surface area contributed by atoms with Crippen LogP contribution in [0.2, 0.25) is 0 Å². The Morgan fingerprint density at radius 1 is 1.33 bits per heavy atom. The Labute approximate surface area is 158 Å². The van der Waals surface area contributed by atoms with Gasteiger partial charge in [-0.25, -0.2) is 0 Å². The zero-order valence-electron chi connectivity index (χ0n) is 15.2. The van der Waals surface area contributed by atoms with Crippen LogP contribution in [-0.4, -0.2) is 56.2 Å². The number of rotatable bonds is 11. The van der Waals surface area contributed by atoms with Crippen molar-refractivity contribution >= 4 is 36.2 Å². The molecule has 2 rings (SSSR count). The summed E-state index contributed by atoms with van der Waals surface area (Å²) in [7, 11) is 0. The van der Waals surface area contributed by atoms with E-state index in [0.717, 1.165) is 36.9 Å². The number of amides is 2. The molecule has 144 valence electrons. The second kappa shape index (κ2) is 10.2. The number of benzene rings is 1. The predicted octanol–water partition coefficient (Wildman–Crippen LogP) is 0.932. The molecule has 2 amide bonds. The molecule has 1 aromatic carbocycles. The largest absolute Gasteiger partial charge is 0.365 e. The summed E-state index contributed by atoms with van der Waals surface area (Å²) in [4.78, 5) is 35.9. The van der Waals surface area contributed by atoms with Crippen LogP contribution < -0.4 is 15.5 Å². The van der Waals surface area contributed by atoms with Crippen LogP contribution in [-0.2, 0) is 16.0 Å². The molecule has 4 N–H and O–H groups in total. The molecule has 1 heterocycles. The molecule has 1 aliphatic rings. The highest BCUT2D eigenvalue weighted by molar-refractivity contribution is 6.29. The van der Waals surface area contributed by atoms with E-state index in [1.807, 2.05) is 17.0 Å². The van der Waals surface area contributed by atoms with E-state index >= 15 is 0 Å². The Bertz CT molecular complexity index is 719. The lowest BCUT2D eigenvalue weighted by atomic mass is 9.98. The maximum absolute atomic E-state index is 12.5. The van der Waals surface area contributed by atoms with Crippen molar-refractivity contribution in [1.29, 1.82) is 10.8 Å². The van der Waals surface area contributed by atoms with Crippen LogP contribution in [0.25, 0.3) is 0 Å². The van der Waals surface area contributed by atoms with E-state index in [0.29, 0.717) is 44.2 Å². The summed E-state index contributed by atoms with van der Waals surface area (Å²) in [5.41, 5.74) is 2.75. The zero-order chi connectivity index (χ0) is 19.6. The minimum absolute atomic E-state index is 0.238. The zero-order valence-corrected chi connectivity index (χ0v) is 15.2. The summed E-state index contributed by atoms with van der Waals surface area (Å²) < 4.78 is 0. The summed E-state index contributed by atoms with van der Waals surface area (Å²) in [6.45, 7) is 1.66. The highest BCUT2D eigenvalue weighted by Gasteiger charge is 2.20.